The Labute approximate surface area is 133 Å². The maximum atomic E-state index is 5.80. The molecular formula is C16H18BrNOS. The minimum absolute atomic E-state index is 0.170. The Hall–Kier alpha value is -1.13. The smallest absolute Gasteiger partial charge is 0.119 e. The van der Waals surface area contributed by atoms with Crippen molar-refractivity contribution in [2.75, 3.05) is 6.61 Å². The number of rotatable bonds is 5. The number of nitrogens with two attached hydrogens (primary N) is 1. The predicted octanol–water partition coefficient (Wildman–Crippen LogP) is 4.68. The molecule has 0 unspecified atom stereocenters. The van der Waals surface area contributed by atoms with Crippen LogP contribution in [0, 0.1) is 5.41 Å². The van der Waals surface area contributed by atoms with Gasteiger partial charge in [0, 0.05) is 9.89 Å². The number of hydrogen-bond acceptors (Lipinski definition) is 2. The van der Waals surface area contributed by atoms with Gasteiger partial charge in [-0.25, -0.2) is 0 Å². The summed E-state index contributed by atoms with van der Waals surface area (Å²) in [6.45, 7) is 4.68. The first-order chi connectivity index (χ1) is 9.38. The first kappa shape index (κ1) is 15.3. The van der Waals surface area contributed by atoms with E-state index in [4.69, 9.17) is 22.7 Å². The van der Waals surface area contributed by atoms with Gasteiger partial charge < -0.3 is 10.5 Å². The van der Waals surface area contributed by atoms with Gasteiger partial charge >= 0.3 is 0 Å². The van der Waals surface area contributed by atoms with Crippen molar-refractivity contribution in [1.29, 1.82) is 0 Å². The lowest BCUT2D eigenvalue weighted by molar-refractivity contribution is 0.271. The molecule has 2 N–H and O–H groups in total. The third-order valence-corrected chi connectivity index (χ3v) is 4.48. The lowest BCUT2D eigenvalue weighted by Crippen LogP contribution is -2.31. The summed E-state index contributed by atoms with van der Waals surface area (Å²) in [5.41, 5.74) is 5.54. The van der Waals surface area contributed by atoms with Gasteiger partial charge in [0.1, 0.15) is 5.75 Å². The molecule has 2 rings (SSSR count). The van der Waals surface area contributed by atoms with Crippen LogP contribution in [-0.2, 0) is 0 Å². The Bertz CT molecular complexity index is 639. The topological polar surface area (TPSA) is 35.2 Å². The third-order valence-electron chi connectivity index (χ3n) is 3.44. The van der Waals surface area contributed by atoms with Crippen molar-refractivity contribution in [3.05, 3.63) is 40.9 Å². The summed E-state index contributed by atoms with van der Waals surface area (Å²) >= 11 is 8.53. The number of benzene rings is 2. The van der Waals surface area contributed by atoms with Gasteiger partial charge in [-0.05, 0) is 41.5 Å². The quantitative estimate of drug-likeness (QED) is 0.794. The van der Waals surface area contributed by atoms with E-state index in [1.807, 2.05) is 26.0 Å². The molecule has 0 aliphatic heterocycles. The van der Waals surface area contributed by atoms with Crippen LogP contribution in [0.4, 0.5) is 0 Å². The fourth-order valence-electron chi connectivity index (χ4n) is 1.83. The number of ether oxygens (including phenoxy) is 1. The monoisotopic (exact) mass is 351 g/mol. The maximum Gasteiger partial charge on any atom is 0.119 e. The lowest BCUT2D eigenvalue weighted by Gasteiger charge is -2.22. The normalized spacial score (nSPS) is 11.6. The zero-order chi connectivity index (χ0) is 14.8. The molecule has 0 heterocycles. The first-order valence-electron chi connectivity index (χ1n) is 6.50. The summed E-state index contributed by atoms with van der Waals surface area (Å²) in [4.78, 5) is 0.532. The zero-order valence-corrected chi connectivity index (χ0v) is 14.1. The highest BCUT2D eigenvalue weighted by molar-refractivity contribution is 9.10. The van der Waals surface area contributed by atoms with Gasteiger partial charge in [0.25, 0.3) is 0 Å². The highest BCUT2D eigenvalue weighted by Crippen LogP contribution is 2.25. The summed E-state index contributed by atoms with van der Waals surface area (Å²) in [6.07, 6.45) is 0.806. The molecule has 0 bridgehead atoms. The van der Waals surface area contributed by atoms with Crippen LogP contribution < -0.4 is 10.5 Å². The molecule has 0 aromatic heterocycles. The second-order valence-electron chi connectivity index (χ2n) is 5.50. The molecule has 0 spiro atoms. The van der Waals surface area contributed by atoms with Crippen LogP contribution in [0.25, 0.3) is 10.8 Å². The molecule has 106 valence electrons. The molecule has 0 radical (unpaired) electrons. The van der Waals surface area contributed by atoms with Gasteiger partial charge in [0.05, 0.1) is 11.6 Å². The number of hydrogen-bond donors (Lipinski definition) is 1. The molecule has 2 aromatic carbocycles. The van der Waals surface area contributed by atoms with Crippen molar-refractivity contribution in [3.8, 4) is 5.75 Å². The van der Waals surface area contributed by atoms with Crippen LogP contribution >= 0.6 is 28.1 Å². The molecule has 0 amide bonds. The zero-order valence-electron chi connectivity index (χ0n) is 11.7. The summed E-state index contributed by atoms with van der Waals surface area (Å²) in [5.74, 6) is 0.874. The van der Waals surface area contributed by atoms with Gasteiger partial charge in [-0.1, -0.05) is 54.1 Å². The lowest BCUT2D eigenvalue weighted by atomic mass is 9.90. The van der Waals surface area contributed by atoms with E-state index in [2.05, 4.69) is 40.2 Å². The van der Waals surface area contributed by atoms with Gasteiger partial charge in [-0.2, -0.15) is 0 Å². The fourth-order valence-corrected chi connectivity index (χ4v) is 2.31. The second-order valence-corrected chi connectivity index (χ2v) is 6.86. The van der Waals surface area contributed by atoms with E-state index in [1.165, 1.54) is 10.8 Å². The molecule has 0 saturated heterocycles. The van der Waals surface area contributed by atoms with Crippen molar-refractivity contribution < 1.29 is 4.74 Å². The van der Waals surface area contributed by atoms with Gasteiger partial charge in [0.2, 0.25) is 0 Å². The van der Waals surface area contributed by atoms with Crippen LogP contribution in [0.1, 0.15) is 20.3 Å². The van der Waals surface area contributed by atoms with Gasteiger partial charge in [0.15, 0.2) is 0 Å². The van der Waals surface area contributed by atoms with Crippen molar-refractivity contribution in [1.82, 2.24) is 0 Å². The van der Waals surface area contributed by atoms with E-state index in [0.29, 0.717) is 11.6 Å². The number of halogens is 1. The molecule has 0 saturated carbocycles. The highest BCUT2D eigenvalue weighted by atomic mass is 79.9. The van der Waals surface area contributed by atoms with E-state index < -0.39 is 0 Å². The number of thiocarbonyl (C=S) groups is 1. The van der Waals surface area contributed by atoms with E-state index in [0.717, 1.165) is 16.6 Å². The Balaban J connectivity index is 2.04. The van der Waals surface area contributed by atoms with Gasteiger partial charge in [-0.3, -0.25) is 0 Å². The molecule has 2 aromatic rings. The van der Waals surface area contributed by atoms with E-state index in [-0.39, 0.29) is 5.41 Å². The Morgan fingerprint density at radius 2 is 1.85 bits per heavy atom. The fraction of sp³-hybridized carbons (Fsp3) is 0.312. The Morgan fingerprint density at radius 1 is 1.20 bits per heavy atom. The molecule has 0 atom stereocenters. The molecular weight excluding hydrogens is 334 g/mol. The molecule has 0 aliphatic carbocycles. The Morgan fingerprint density at radius 3 is 2.55 bits per heavy atom. The molecule has 0 fully saturated rings. The summed E-state index contributed by atoms with van der Waals surface area (Å²) in [6, 6.07) is 12.3. The minimum Gasteiger partial charge on any atom is -0.494 e. The summed E-state index contributed by atoms with van der Waals surface area (Å²) in [5, 5.41) is 2.36. The molecule has 4 heteroatoms. The average Bonchev–Trinajstić information content (AvgIpc) is 2.38. The van der Waals surface area contributed by atoms with Crippen LogP contribution in [0.5, 0.6) is 5.75 Å². The predicted molar refractivity (Wildman–Crippen MR) is 92.3 cm³/mol. The van der Waals surface area contributed by atoms with Crippen LogP contribution in [-0.4, -0.2) is 11.6 Å². The average molecular weight is 352 g/mol. The van der Waals surface area contributed by atoms with Crippen molar-refractivity contribution in [3.63, 3.8) is 0 Å². The van der Waals surface area contributed by atoms with Crippen LogP contribution in [0.15, 0.2) is 40.9 Å². The summed E-state index contributed by atoms with van der Waals surface area (Å²) in [7, 11) is 0. The van der Waals surface area contributed by atoms with Crippen molar-refractivity contribution >= 4 is 43.9 Å². The highest BCUT2D eigenvalue weighted by Gasteiger charge is 2.21. The first-order valence-corrected chi connectivity index (χ1v) is 7.71. The van der Waals surface area contributed by atoms with E-state index in [9.17, 15) is 0 Å². The largest absolute Gasteiger partial charge is 0.494 e. The van der Waals surface area contributed by atoms with Crippen LogP contribution in [0.3, 0.4) is 0 Å². The molecule has 0 aliphatic rings. The van der Waals surface area contributed by atoms with Crippen molar-refractivity contribution in [2.24, 2.45) is 11.1 Å². The standard InChI is InChI=1S/C16H18BrNOS/c1-16(2,15(18)20)7-8-19-14-6-4-11-9-13(17)5-3-12(11)10-14/h3-6,9-10H,7-8H2,1-2H3,(H2,18,20). The minimum atomic E-state index is -0.170. The molecule has 20 heavy (non-hydrogen) atoms. The van der Waals surface area contributed by atoms with E-state index in [1.54, 1.807) is 0 Å². The SMILES string of the molecule is CC(C)(CCOc1ccc2cc(Br)ccc2c1)C(N)=S. The third kappa shape index (κ3) is 3.70. The second kappa shape index (κ2) is 6.10. The van der Waals surface area contributed by atoms with Crippen molar-refractivity contribution in [2.45, 2.75) is 20.3 Å². The van der Waals surface area contributed by atoms with Crippen LogP contribution in [0.2, 0.25) is 0 Å². The van der Waals surface area contributed by atoms with E-state index >= 15 is 0 Å². The molecule has 2 nitrogen and oxygen atoms in total. The summed E-state index contributed by atoms with van der Waals surface area (Å²) < 4.78 is 6.88. The van der Waals surface area contributed by atoms with Gasteiger partial charge in [-0.15, -0.1) is 0 Å². The maximum absolute atomic E-state index is 5.80. The Kier molecular flexibility index (Phi) is 4.66. The number of fused-ring (bicyclic) bond motifs is 1.